The van der Waals surface area contributed by atoms with E-state index in [9.17, 15) is 19.7 Å². The molecule has 9 heteroatoms. The predicted molar refractivity (Wildman–Crippen MR) is 75.0 cm³/mol. The zero-order valence-electron chi connectivity index (χ0n) is 11.6. The highest BCUT2D eigenvalue weighted by atomic mass is 16.6. The summed E-state index contributed by atoms with van der Waals surface area (Å²) in [5.41, 5.74) is -0.155. The molecule has 0 aliphatic carbocycles. The van der Waals surface area contributed by atoms with Gasteiger partial charge in [-0.2, -0.15) is 0 Å². The number of carbonyl (C=O) groups is 2. The SMILES string of the molecule is CCC1C(=O)NC(=O)CN1c1cc([N+](=O)[O-])cc(NC)n1. The minimum Gasteiger partial charge on any atom is -0.373 e. The van der Waals surface area contributed by atoms with Gasteiger partial charge in [-0.25, -0.2) is 4.98 Å². The van der Waals surface area contributed by atoms with Crippen LogP contribution in [-0.2, 0) is 9.59 Å². The number of rotatable bonds is 4. The van der Waals surface area contributed by atoms with Crippen LogP contribution in [0.1, 0.15) is 13.3 Å². The van der Waals surface area contributed by atoms with Gasteiger partial charge in [-0.05, 0) is 6.42 Å². The Labute approximate surface area is 120 Å². The van der Waals surface area contributed by atoms with Crippen molar-refractivity contribution in [3.63, 3.8) is 0 Å². The predicted octanol–water partition coefficient (Wildman–Crippen LogP) is 0.273. The summed E-state index contributed by atoms with van der Waals surface area (Å²) in [6.45, 7) is 1.73. The Balaban J connectivity index is 2.47. The van der Waals surface area contributed by atoms with Gasteiger partial charge in [-0.1, -0.05) is 6.92 Å². The number of imide groups is 1. The van der Waals surface area contributed by atoms with Crippen molar-refractivity contribution >= 4 is 29.1 Å². The fourth-order valence-corrected chi connectivity index (χ4v) is 2.20. The van der Waals surface area contributed by atoms with Crippen LogP contribution in [0.2, 0.25) is 0 Å². The molecule has 2 amide bonds. The van der Waals surface area contributed by atoms with Crippen LogP contribution in [0.25, 0.3) is 0 Å². The fraction of sp³-hybridized carbons (Fsp3) is 0.417. The summed E-state index contributed by atoms with van der Waals surface area (Å²) in [4.78, 5) is 39.5. The Bertz CT molecular complexity index is 603. The molecule has 1 unspecified atom stereocenters. The molecule has 9 nitrogen and oxygen atoms in total. The van der Waals surface area contributed by atoms with Gasteiger partial charge in [0.15, 0.2) is 0 Å². The van der Waals surface area contributed by atoms with E-state index < -0.39 is 22.8 Å². The minimum absolute atomic E-state index is 0.0679. The molecule has 1 fully saturated rings. The molecule has 21 heavy (non-hydrogen) atoms. The lowest BCUT2D eigenvalue weighted by Gasteiger charge is -2.34. The highest BCUT2D eigenvalue weighted by Crippen LogP contribution is 2.26. The van der Waals surface area contributed by atoms with Crippen LogP contribution in [0.4, 0.5) is 17.3 Å². The quantitative estimate of drug-likeness (QED) is 0.465. The number of carbonyl (C=O) groups excluding carboxylic acids is 2. The molecule has 1 aromatic heterocycles. The van der Waals surface area contributed by atoms with Crippen LogP contribution in [0.5, 0.6) is 0 Å². The smallest absolute Gasteiger partial charge is 0.276 e. The van der Waals surface area contributed by atoms with Crippen LogP contribution in [0.15, 0.2) is 12.1 Å². The highest BCUT2D eigenvalue weighted by Gasteiger charge is 2.34. The lowest BCUT2D eigenvalue weighted by atomic mass is 10.1. The van der Waals surface area contributed by atoms with Crippen molar-refractivity contribution in [2.24, 2.45) is 0 Å². The van der Waals surface area contributed by atoms with Crippen molar-refractivity contribution in [3.05, 3.63) is 22.2 Å². The van der Waals surface area contributed by atoms with Crippen LogP contribution >= 0.6 is 0 Å². The Hall–Kier alpha value is -2.71. The van der Waals surface area contributed by atoms with E-state index >= 15 is 0 Å². The number of piperazine rings is 1. The second-order valence-electron chi connectivity index (χ2n) is 4.54. The van der Waals surface area contributed by atoms with E-state index in [0.29, 0.717) is 12.2 Å². The molecular weight excluding hydrogens is 278 g/mol. The van der Waals surface area contributed by atoms with E-state index in [0.717, 1.165) is 0 Å². The van der Waals surface area contributed by atoms with Gasteiger partial charge in [0.2, 0.25) is 11.8 Å². The first-order chi connectivity index (χ1) is 9.96. The molecular formula is C12H15N5O4. The fourth-order valence-electron chi connectivity index (χ4n) is 2.20. The second-order valence-corrected chi connectivity index (χ2v) is 4.54. The summed E-state index contributed by atoms with van der Waals surface area (Å²) >= 11 is 0. The molecule has 2 heterocycles. The Morgan fingerprint density at radius 3 is 2.81 bits per heavy atom. The number of hydrogen-bond donors (Lipinski definition) is 2. The van der Waals surface area contributed by atoms with Crippen molar-refractivity contribution in [1.29, 1.82) is 0 Å². The van der Waals surface area contributed by atoms with Crippen LogP contribution in [0.3, 0.4) is 0 Å². The maximum atomic E-state index is 11.8. The molecule has 0 aromatic carbocycles. The van der Waals surface area contributed by atoms with Crippen LogP contribution in [0, 0.1) is 10.1 Å². The molecule has 1 atom stereocenters. The number of amides is 2. The molecule has 112 valence electrons. The normalized spacial score (nSPS) is 18.4. The summed E-state index contributed by atoms with van der Waals surface area (Å²) in [6, 6.07) is 1.97. The van der Waals surface area contributed by atoms with Crippen LogP contribution < -0.4 is 15.5 Å². The number of nitro groups is 1. The maximum absolute atomic E-state index is 11.8. The van der Waals surface area contributed by atoms with Crippen molar-refractivity contribution in [1.82, 2.24) is 10.3 Å². The number of anilines is 2. The van der Waals surface area contributed by atoms with E-state index in [1.54, 1.807) is 14.0 Å². The number of aromatic nitrogens is 1. The Morgan fingerprint density at radius 1 is 1.52 bits per heavy atom. The minimum atomic E-state index is -0.582. The number of nitrogens with one attached hydrogen (secondary N) is 2. The lowest BCUT2D eigenvalue weighted by molar-refractivity contribution is -0.384. The van der Waals surface area contributed by atoms with Gasteiger partial charge in [0.1, 0.15) is 17.7 Å². The van der Waals surface area contributed by atoms with Gasteiger partial charge in [0, 0.05) is 7.05 Å². The van der Waals surface area contributed by atoms with Gasteiger partial charge in [-0.3, -0.25) is 25.0 Å². The second kappa shape index (κ2) is 5.73. The monoisotopic (exact) mass is 293 g/mol. The van der Waals surface area contributed by atoms with Gasteiger partial charge in [-0.15, -0.1) is 0 Å². The third-order valence-electron chi connectivity index (χ3n) is 3.20. The molecule has 1 aromatic rings. The highest BCUT2D eigenvalue weighted by molar-refractivity contribution is 6.04. The van der Waals surface area contributed by atoms with Gasteiger partial charge >= 0.3 is 0 Å². The molecule has 0 radical (unpaired) electrons. The van der Waals surface area contributed by atoms with Gasteiger partial charge in [0.05, 0.1) is 23.6 Å². The van der Waals surface area contributed by atoms with Crippen LogP contribution in [-0.4, -0.2) is 41.4 Å². The molecule has 1 saturated heterocycles. The molecule has 1 aliphatic rings. The lowest BCUT2D eigenvalue weighted by Crippen LogP contribution is -2.58. The molecule has 1 aliphatic heterocycles. The van der Waals surface area contributed by atoms with E-state index in [1.807, 2.05) is 0 Å². The molecule has 2 N–H and O–H groups in total. The summed E-state index contributed by atoms with van der Waals surface area (Å²) in [5.74, 6) is -0.354. The average molecular weight is 293 g/mol. The van der Waals surface area contributed by atoms with E-state index in [2.05, 4.69) is 15.6 Å². The zero-order chi connectivity index (χ0) is 15.6. The molecule has 0 spiro atoms. The standard InChI is InChI=1S/C12H15N5O4/c1-3-8-12(19)15-11(18)6-16(8)10-5-7(17(20)21)4-9(13-2)14-10/h4-5,8H,3,6H2,1-2H3,(H,13,14)(H,15,18,19). The summed E-state index contributed by atoms with van der Waals surface area (Å²) in [6.07, 6.45) is 0.457. The first kappa shape index (κ1) is 14.7. The topological polar surface area (TPSA) is 117 Å². The van der Waals surface area contributed by atoms with E-state index in [-0.39, 0.29) is 18.1 Å². The first-order valence-corrected chi connectivity index (χ1v) is 6.40. The zero-order valence-corrected chi connectivity index (χ0v) is 11.6. The van der Waals surface area contributed by atoms with Gasteiger partial charge < -0.3 is 10.2 Å². The maximum Gasteiger partial charge on any atom is 0.276 e. The largest absolute Gasteiger partial charge is 0.373 e. The summed E-state index contributed by atoms with van der Waals surface area (Å²) < 4.78 is 0. The van der Waals surface area contributed by atoms with Crippen molar-refractivity contribution in [2.75, 3.05) is 23.8 Å². The molecule has 2 rings (SSSR count). The van der Waals surface area contributed by atoms with E-state index in [1.165, 1.54) is 17.0 Å². The van der Waals surface area contributed by atoms with E-state index in [4.69, 9.17) is 0 Å². The molecule has 0 bridgehead atoms. The van der Waals surface area contributed by atoms with Crippen molar-refractivity contribution in [2.45, 2.75) is 19.4 Å². The average Bonchev–Trinajstić information content (AvgIpc) is 2.45. The number of nitrogens with zero attached hydrogens (tertiary/aromatic N) is 3. The first-order valence-electron chi connectivity index (χ1n) is 6.40. The Kier molecular flexibility index (Phi) is 4.01. The summed E-state index contributed by atoms with van der Waals surface area (Å²) in [7, 11) is 1.58. The number of hydrogen-bond acceptors (Lipinski definition) is 7. The van der Waals surface area contributed by atoms with Crippen molar-refractivity contribution < 1.29 is 14.5 Å². The third-order valence-corrected chi connectivity index (χ3v) is 3.20. The Morgan fingerprint density at radius 2 is 2.24 bits per heavy atom. The molecule has 0 saturated carbocycles. The number of pyridine rings is 1. The van der Waals surface area contributed by atoms with Gasteiger partial charge in [0.25, 0.3) is 5.69 Å². The summed E-state index contributed by atoms with van der Waals surface area (Å²) in [5, 5.41) is 15.9. The van der Waals surface area contributed by atoms with Crippen molar-refractivity contribution in [3.8, 4) is 0 Å². The third kappa shape index (κ3) is 2.91.